The van der Waals surface area contributed by atoms with Gasteiger partial charge in [0.2, 0.25) is 5.95 Å². The van der Waals surface area contributed by atoms with E-state index in [1.807, 2.05) is 6.92 Å². The Labute approximate surface area is 102 Å². The monoisotopic (exact) mass is 240 g/mol. The predicted molar refractivity (Wildman–Crippen MR) is 67.5 cm³/mol. The minimum absolute atomic E-state index is 0.604. The van der Waals surface area contributed by atoms with Crippen LogP contribution in [0, 0.1) is 6.92 Å². The van der Waals surface area contributed by atoms with Crippen LogP contribution in [0.4, 0.5) is 11.8 Å². The first kappa shape index (κ1) is 13.7. The number of hydrogen-bond donors (Lipinski definition) is 2. The number of nitrogens with one attached hydrogen (secondary N) is 2. The molecule has 1 aromatic heterocycles. The topological polar surface area (TPSA) is 68.3 Å². The highest BCUT2D eigenvalue weighted by Gasteiger charge is 2.02. The van der Waals surface area contributed by atoms with Crippen LogP contribution in [-0.4, -0.2) is 50.5 Å². The summed E-state index contributed by atoms with van der Waals surface area (Å²) in [6, 6.07) is 0. The Kier molecular flexibility index (Phi) is 6.27. The van der Waals surface area contributed by atoms with E-state index in [4.69, 9.17) is 9.47 Å². The molecule has 0 unspecified atom stereocenters. The van der Waals surface area contributed by atoms with E-state index in [1.165, 1.54) is 0 Å². The van der Waals surface area contributed by atoms with Gasteiger partial charge in [-0.3, -0.25) is 0 Å². The van der Waals surface area contributed by atoms with Crippen molar-refractivity contribution in [2.75, 3.05) is 51.2 Å². The molecular weight excluding hydrogens is 220 g/mol. The molecule has 0 fully saturated rings. The zero-order chi connectivity index (χ0) is 12.5. The molecule has 1 aromatic rings. The number of rotatable bonds is 8. The van der Waals surface area contributed by atoms with Gasteiger partial charge in [-0.25, -0.2) is 4.98 Å². The van der Waals surface area contributed by atoms with Crippen molar-refractivity contribution in [3.8, 4) is 0 Å². The molecule has 0 saturated heterocycles. The van der Waals surface area contributed by atoms with Crippen LogP contribution in [0.15, 0.2) is 6.20 Å². The molecule has 96 valence electrons. The normalized spacial score (nSPS) is 10.3. The number of hydrogen-bond acceptors (Lipinski definition) is 6. The standard InChI is InChI=1S/C11H20N4O2/c1-9-8-14-11(13-5-7-17-3)15-10(9)12-4-6-16-2/h8H,4-7H2,1-3H3,(H2,12,13,14,15). The predicted octanol–water partition coefficient (Wildman–Crippen LogP) is 0.902. The Morgan fingerprint density at radius 3 is 2.41 bits per heavy atom. The van der Waals surface area contributed by atoms with Crippen LogP contribution in [0.25, 0.3) is 0 Å². The summed E-state index contributed by atoms with van der Waals surface area (Å²) in [6.07, 6.45) is 1.79. The number of aromatic nitrogens is 2. The maximum absolute atomic E-state index is 4.98. The second-order valence-corrected chi connectivity index (χ2v) is 3.56. The van der Waals surface area contributed by atoms with Gasteiger partial charge in [-0.05, 0) is 6.92 Å². The average molecular weight is 240 g/mol. The van der Waals surface area contributed by atoms with Crippen molar-refractivity contribution >= 4 is 11.8 Å². The molecule has 1 rings (SSSR count). The van der Waals surface area contributed by atoms with Gasteiger partial charge in [-0.15, -0.1) is 0 Å². The molecule has 17 heavy (non-hydrogen) atoms. The van der Waals surface area contributed by atoms with Crippen LogP contribution >= 0.6 is 0 Å². The number of methoxy groups -OCH3 is 2. The van der Waals surface area contributed by atoms with E-state index in [1.54, 1.807) is 20.4 Å². The number of anilines is 2. The second kappa shape index (κ2) is 7.81. The quantitative estimate of drug-likeness (QED) is 0.658. The Morgan fingerprint density at radius 2 is 1.76 bits per heavy atom. The summed E-state index contributed by atoms with van der Waals surface area (Å²) in [5.74, 6) is 1.43. The van der Waals surface area contributed by atoms with Crippen LogP contribution in [0.2, 0.25) is 0 Å². The summed E-state index contributed by atoms with van der Waals surface area (Å²) in [4.78, 5) is 8.56. The summed E-state index contributed by atoms with van der Waals surface area (Å²) in [5.41, 5.74) is 1.01. The SMILES string of the molecule is COCCNc1ncc(C)c(NCCOC)n1. The van der Waals surface area contributed by atoms with Crippen molar-refractivity contribution in [2.24, 2.45) is 0 Å². The lowest BCUT2D eigenvalue weighted by atomic mass is 10.3. The summed E-state index contributed by atoms with van der Waals surface area (Å²) in [6.45, 7) is 4.66. The fourth-order valence-electron chi connectivity index (χ4n) is 1.24. The third-order valence-electron chi connectivity index (χ3n) is 2.16. The van der Waals surface area contributed by atoms with Gasteiger partial charge in [0.15, 0.2) is 0 Å². The number of aryl methyl sites for hydroxylation is 1. The molecule has 6 heteroatoms. The third kappa shape index (κ3) is 4.97. The highest BCUT2D eigenvalue weighted by Crippen LogP contribution is 2.11. The molecule has 0 aliphatic carbocycles. The first-order chi connectivity index (χ1) is 8.27. The Bertz CT molecular complexity index is 333. The molecule has 0 aliphatic rings. The number of nitrogens with zero attached hydrogens (tertiary/aromatic N) is 2. The van der Waals surface area contributed by atoms with Crippen molar-refractivity contribution in [3.63, 3.8) is 0 Å². The lowest BCUT2D eigenvalue weighted by Crippen LogP contribution is -2.14. The maximum atomic E-state index is 4.98. The van der Waals surface area contributed by atoms with Gasteiger partial charge in [0, 0.05) is 39.1 Å². The lowest BCUT2D eigenvalue weighted by molar-refractivity contribution is 0.210. The van der Waals surface area contributed by atoms with Crippen LogP contribution in [0.1, 0.15) is 5.56 Å². The minimum atomic E-state index is 0.604. The largest absolute Gasteiger partial charge is 0.383 e. The Hall–Kier alpha value is -1.40. The molecule has 0 amide bonds. The highest BCUT2D eigenvalue weighted by molar-refractivity contribution is 5.46. The minimum Gasteiger partial charge on any atom is -0.383 e. The molecular formula is C11H20N4O2. The zero-order valence-electron chi connectivity index (χ0n) is 10.6. The van der Waals surface area contributed by atoms with E-state index in [-0.39, 0.29) is 0 Å². The van der Waals surface area contributed by atoms with Crippen molar-refractivity contribution in [2.45, 2.75) is 6.92 Å². The fraction of sp³-hybridized carbons (Fsp3) is 0.636. The molecule has 0 spiro atoms. The van der Waals surface area contributed by atoms with Gasteiger partial charge in [0.05, 0.1) is 13.2 Å². The summed E-state index contributed by atoms with van der Waals surface area (Å²) in [7, 11) is 3.33. The van der Waals surface area contributed by atoms with E-state index < -0.39 is 0 Å². The summed E-state index contributed by atoms with van der Waals surface area (Å²) >= 11 is 0. The van der Waals surface area contributed by atoms with Gasteiger partial charge in [-0.2, -0.15) is 4.98 Å². The number of ether oxygens (including phenoxy) is 2. The van der Waals surface area contributed by atoms with E-state index >= 15 is 0 Å². The average Bonchev–Trinajstić information content (AvgIpc) is 2.33. The molecule has 2 N–H and O–H groups in total. The van der Waals surface area contributed by atoms with Gasteiger partial charge < -0.3 is 20.1 Å². The molecule has 0 bridgehead atoms. The van der Waals surface area contributed by atoms with E-state index in [9.17, 15) is 0 Å². The van der Waals surface area contributed by atoms with Crippen molar-refractivity contribution in [1.82, 2.24) is 9.97 Å². The van der Waals surface area contributed by atoms with Gasteiger partial charge in [0.25, 0.3) is 0 Å². The second-order valence-electron chi connectivity index (χ2n) is 3.56. The molecule has 0 radical (unpaired) electrons. The van der Waals surface area contributed by atoms with Crippen molar-refractivity contribution in [3.05, 3.63) is 11.8 Å². The highest BCUT2D eigenvalue weighted by atomic mass is 16.5. The smallest absolute Gasteiger partial charge is 0.224 e. The maximum Gasteiger partial charge on any atom is 0.224 e. The lowest BCUT2D eigenvalue weighted by Gasteiger charge is -2.10. The Morgan fingerprint density at radius 1 is 1.12 bits per heavy atom. The molecule has 0 aromatic carbocycles. The first-order valence-electron chi connectivity index (χ1n) is 5.57. The molecule has 0 atom stereocenters. The van der Waals surface area contributed by atoms with Crippen LogP contribution in [-0.2, 0) is 9.47 Å². The molecule has 6 nitrogen and oxygen atoms in total. The van der Waals surface area contributed by atoms with Gasteiger partial charge >= 0.3 is 0 Å². The van der Waals surface area contributed by atoms with Crippen LogP contribution < -0.4 is 10.6 Å². The van der Waals surface area contributed by atoms with Crippen LogP contribution in [0.5, 0.6) is 0 Å². The van der Waals surface area contributed by atoms with Crippen LogP contribution in [0.3, 0.4) is 0 Å². The molecule has 0 aliphatic heterocycles. The fourth-order valence-corrected chi connectivity index (χ4v) is 1.24. The third-order valence-corrected chi connectivity index (χ3v) is 2.16. The summed E-state index contributed by atoms with van der Waals surface area (Å²) in [5, 5.41) is 6.28. The molecule has 1 heterocycles. The zero-order valence-corrected chi connectivity index (χ0v) is 10.6. The first-order valence-corrected chi connectivity index (χ1v) is 5.57. The van der Waals surface area contributed by atoms with Crippen molar-refractivity contribution in [1.29, 1.82) is 0 Å². The van der Waals surface area contributed by atoms with E-state index in [0.717, 1.165) is 17.9 Å². The van der Waals surface area contributed by atoms with Gasteiger partial charge in [0.1, 0.15) is 5.82 Å². The Balaban J connectivity index is 2.53. The van der Waals surface area contributed by atoms with Gasteiger partial charge in [-0.1, -0.05) is 0 Å². The van der Waals surface area contributed by atoms with E-state index in [0.29, 0.717) is 25.7 Å². The van der Waals surface area contributed by atoms with E-state index in [2.05, 4.69) is 20.6 Å². The molecule has 0 saturated carbocycles. The van der Waals surface area contributed by atoms with Crippen molar-refractivity contribution < 1.29 is 9.47 Å². The summed E-state index contributed by atoms with van der Waals surface area (Å²) < 4.78 is 9.92.